The second kappa shape index (κ2) is 8.84. The number of carbonyl (C=O) groups is 1. The number of sulfonamides is 1. The van der Waals surface area contributed by atoms with E-state index in [1.807, 2.05) is 31.2 Å². The number of piperidine rings is 1. The lowest BCUT2D eigenvalue weighted by Gasteiger charge is -2.31. The molecule has 8 heteroatoms. The molecule has 0 saturated carbocycles. The standard InChI is InChI=1S/C21H26N2O5S/c1-15-7-4-5-9-18(15)22-21(24)16-8-6-12-23(14-16)29(25,26)20-13-17(27-2)10-11-19(20)28-3/h4-5,7,9-11,13,16H,6,8,12,14H2,1-3H3,(H,22,24)/t16-/m1/s1. The van der Waals surface area contributed by atoms with E-state index in [0.29, 0.717) is 25.1 Å². The van der Waals surface area contributed by atoms with E-state index < -0.39 is 15.9 Å². The molecule has 1 aliphatic rings. The molecule has 7 nitrogen and oxygen atoms in total. The third-order valence-electron chi connectivity index (χ3n) is 5.15. The van der Waals surface area contributed by atoms with Gasteiger partial charge in [-0.2, -0.15) is 4.31 Å². The van der Waals surface area contributed by atoms with E-state index in [-0.39, 0.29) is 23.1 Å². The van der Waals surface area contributed by atoms with Crippen LogP contribution in [0.15, 0.2) is 47.4 Å². The van der Waals surface area contributed by atoms with Gasteiger partial charge in [0, 0.05) is 24.8 Å². The van der Waals surface area contributed by atoms with Gasteiger partial charge in [-0.05, 0) is 43.5 Å². The molecule has 1 amide bonds. The summed E-state index contributed by atoms with van der Waals surface area (Å²) < 4.78 is 38.3. The molecule has 0 bridgehead atoms. The SMILES string of the molecule is COc1ccc(OC)c(S(=O)(=O)N2CCC[C@@H](C(=O)Nc3ccccc3C)C2)c1. The minimum absolute atomic E-state index is 0.0410. The van der Waals surface area contributed by atoms with Crippen LogP contribution in [0.1, 0.15) is 18.4 Å². The fraction of sp³-hybridized carbons (Fsp3) is 0.381. The smallest absolute Gasteiger partial charge is 0.246 e. The predicted octanol–water partition coefficient (Wildman–Crippen LogP) is 3.05. The van der Waals surface area contributed by atoms with Crippen molar-refractivity contribution < 1.29 is 22.7 Å². The van der Waals surface area contributed by atoms with Crippen LogP contribution >= 0.6 is 0 Å². The van der Waals surface area contributed by atoms with Crippen molar-refractivity contribution in [2.75, 3.05) is 32.6 Å². The number of amides is 1. The first-order chi connectivity index (χ1) is 13.9. The minimum atomic E-state index is -3.84. The third-order valence-corrected chi connectivity index (χ3v) is 7.03. The molecule has 1 saturated heterocycles. The molecule has 2 aromatic rings. The third kappa shape index (κ3) is 4.54. The van der Waals surface area contributed by atoms with Crippen LogP contribution in [0.5, 0.6) is 11.5 Å². The molecule has 1 atom stereocenters. The van der Waals surface area contributed by atoms with Gasteiger partial charge in [0.15, 0.2) is 0 Å². The highest BCUT2D eigenvalue weighted by molar-refractivity contribution is 7.89. The molecule has 1 aliphatic heterocycles. The molecule has 0 radical (unpaired) electrons. The lowest BCUT2D eigenvalue weighted by Crippen LogP contribution is -2.43. The van der Waals surface area contributed by atoms with Crippen molar-refractivity contribution in [3.63, 3.8) is 0 Å². The van der Waals surface area contributed by atoms with Gasteiger partial charge in [0.25, 0.3) is 0 Å². The second-order valence-corrected chi connectivity index (χ2v) is 8.93. The monoisotopic (exact) mass is 418 g/mol. The summed E-state index contributed by atoms with van der Waals surface area (Å²) in [5.41, 5.74) is 1.70. The number of carbonyl (C=O) groups excluding carboxylic acids is 1. The first kappa shape index (κ1) is 21.1. The summed E-state index contributed by atoms with van der Waals surface area (Å²) in [4.78, 5) is 12.8. The summed E-state index contributed by atoms with van der Waals surface area (Å²) >= 11 is 0. The van der Waals surface area contributed by atoms with E-state index in [1.54, 1.807) is 12.1 Å². The van der Waals surface area contributed by atoms with Crippen molar-refractivity contribution in [1.29, 1.82) is 0 Å². The molecular weight excluding hydrogens is 392 g/mol. The van der Waals surface area contributed by atoms with Crippen LogP contribution in [-0.4, -0.2) is 45.9 Å². The van der Waals surface area contributed by atoms with Crippen LogP contribution in [0.4, 0.5) is 5.69 Å². The number of ether oxygens (including phenoxy) is 2. The fourth-order valence-electron chi connectivity index (χ4n) is 3.45. The van der Waals surface area contributed by atoms with Gasteiger partial charge in [0.05, 0.1) is 20.1 Å². The fourth-order valence-corrected chi connectivity index (χ4v) is 5.14. The van der Waals surface area contributed by atoms with E-state index >= 15 is 0 Å². The van der Waals surface area contributed by atoms with Crippen molar-refractivity contribution in [2.45, 2.75) is 24.7 Å². The molecule has 0 aliphatic carbocycles. The van der Waals surface area contributed by atoms with Crippen LogP contribution in [-0.2, 0) is 14.8 Å². The van der Waals surface area contributed by atoms with Crippen LogP contribution in [0.25, 0.3) is 0 Å². The Morgan fingerprint density at radius 3 is 2.59 bits per heavy atom. The Bertz CT molecular complexity index is 990. The first-order valence-electron chi connectivity index (χ1n) is 9.45. The quantitative estimate of drug-likeness (QED) is 0.779. The van der Waals surface area contributed by atoms with Gasteiger partial charge in [-0.15, -0.1) is 0 Å². The average Bonchev–Trinajstić information content (AvgIpc) is 2.74. The molecular formula is C21H26N2O5S. The maximum atomic E-state index is 13.3. The number of aryl methyl sites for hydroxylation is 1. The molecule has 1 N–H and O–H groups in total. The van der Waals surface area contributed by atoms with Crippen molar-refractivity contribution in [3.8, 4) is 11.5 Å². The maximum absolute atomic E-state index is 13.3. The molecule has 156 valence electrons. The Kier molecular flexibility index (Phi) is 6.44. The lowest BCUT2D eigenvalue weighted by molar-refractivity contribution is -0.120. The van der Waals surface area contributed by atoms with Gasteiger partial charge in [0.1, 0.15) is 16.4 Å². The predicted molar refractivity (Wildman–Crippen MR) is 111 cm³/mol. The first-order valence-corrected chi connectivity index (χ1v) is 10.9. The summed E-state index contributed by atoms with van der Waals surface area (Å²) in [5.74, 6) is 0.0825. The maximum Gasteiger partial charge on any atom is 0.246 e. The highest BCUT2D eigenvalue weighted by Gasteiger charge is 2.35. The molecule has 1 fully saturated rings. The Labute approximate surface area is 171 Å². The van der Waals surface area contributed by atoms with Gasteiger partial charge in [-0.25, -0.2) is 8.42 Å². The second-order valence-electron chi connectivity index (χ2n) is 7.02. The highest BCUT2D eigenvalue weighted by Crippen LogP contribution is 2.33. The summed E-state index contributed by atoms with van der Waals surface area (Å²) in [6.45, 7) is 2.40. The minimum Gasteiger partial charge on any atom is -0.497 e. The Hall–Kier alpha value is -2.58. The number of anilines is 1. The molecule has 0 unspecified atom stereocenters. The van der Waals surface area contributed by atoms with E-state index in [0.717, 1.165) is 11.3 Å². The number of hydrogen-bond acceptors (Lipinski definition) is 5. The van der Waals surface area contributed by atoms with Gasteiger partial charge < -0.3 is 14.8 Å². The van der Waals surface area contributed by atoms with E-state index in [2.05, 4.69) is 5.32 Å². The summed E-state index contributed by atoms with van der Waals surface area (Å²) in [7, 11) is -0.933. The summed E-state index contributed by atoms with van der Waals surface area (Å²) in [6.07, 6.45) is 1.25. The molecule has 3 rings (SSSR count). The number of benzene rings is 2. The zero-order valence-corrected chi connectivity index (χ0v) is 17.7. The molecule has 2 aromatic carbocycles. The normalized spacial score (nSPS) is 17.6. The molecule has 0 aromatic heterocycles. The lowest BCUT2D eigenvalue weighted by atomic mass is 9.98. The van der Waals surface area contributed by atoms with Crippen LogP contribution < -0.4 is 14.8 Å². The Balaban J connectivity index is 1.81. The largest absolute Gasteiger partial charge is 0.497 e. The number of nitrogens with one attached hydrogen (secondary N) is 1. The van der Waals surface area contributed by atoms with Crippen molar-refractivity contribution >= 4 is 21.6 Å². The number of hydrogen-bond donors (Lipinski definition) is 1. The van der Waals surface area contributed by atoms with E-state index in [9.17, 15) is 13.2 Å². The van der Waals surface area contributed by atoms with Crippen molar-refractivity contribution in [2.24, 2.45) is 5.92 Å². The summed E-state index contributed by atoms with van der Waals surface area (Å²) in [6, 6.07) is 12.2. The zero-order chi connectivity index (χ0) is 21.0. The number of rotatable bonds is 6. The number of methoxy groups -OCH3 is 2. The van der Waals surface area contributed by atoms with E-state index in [4.69, 9.17) is 9.47 Å². The number of nitrogens with zero attached hydrogens (tertiary/aromatic N) is 1. The topological polar surface area (TPSA) is 84.9 Å². The van der Waals surface area contributed by atoms with Gasteiger partial charge in [-0.3, -0.25) is 4.79 Å². The van der Waals surface area contributed by atoms with Crippen molar-refractivity contribution in [1.82, 2.24) is 4.31 Å². The van der Waals surface area contributed by atoms with Gasteiger partial charge in [-0.1, -0.05) is 18.2 Å². The molecule has 1 heterocycles. The van der Waals surface area contributed by atoms with Crippen LogP contribution in [0.3, 0.4) is 0 Å². The van der Waals surface area contributed by atoms with Gasteiger partial charge in [0.2, 0.25) is 15.9 Å². The number of para-hydroxylation sites is 1. The highest BCUT2D eigenvalue weighted by atomic mass is 32.2. The zero-order valence-electron chi connectivity index (χ0n) is 16.8. The van der Waals surface area contributed by atoms with Crippen LogP contribution in [0.2, 0.25) is 0 Å². The average molecular weight is 419 g/mol. The summed E-state index contributed by atoms with van der Waals surface area (Å²) in [5, 5.41) is 2.93. The Morgan fingerprint density at radius 2 is 1.90 bits per heavy atom. The Morgan fingerprint density at radius 1 is 1.14 bits per heavy atom. The van der Waals surface area contributed by atoms with Crippen molar-refractivity contribution in [3.05, 3.63) is 48.0 Å². The molecule has 0 spiro atoms. The van der Waals surface area contributed by atoms with E-state index in [1.165, 1.54) is 24.6 Å². The van der Waals surface area contributed by atoms with Crippen LogP contribution in [0, 0.1) is 12.8 Å². The molecule has 29 heavy (non-hydrogen) atoms. The van der Waals surface area contributed by atoms with Gasteiger partial charge >= 0.3 is 0 Å².